The first-order valence-corrected chi connectivity index (χ1v) is 30.1. The van der Waals surface area contributed by atoms with Gasteiger partial charge >= 0.3 is 11.9 Å². The number of epoxide rings is 1. The number of hydrogen-bond acceptors (Lipinski definition) is 17. The Hall–Kier alpha value is -6.70. The van der Waals surface area contributed by atoms with Gasteiger partial charge in [0.05, 0.1) is 76.3 Å². The van der Waals surface area contributed by atoms with Crippen LogP contribution in [0.3, 0.4) is 0 Å². The molecule has 2 aromatic carbocycles. The molecule has 4 rings (SSSR count). The van der Waals surface area contributed by atoms with Gasteiger partial charge in [-0.3, -0.25) is 38.4 Å². The molecule has 0 saturated carbocycles. The van der Waals surface area contributed by atoms with Gasteiger partial charge in [0.2, 0.25) is 41.4 Å². The Morgan fingerprint density at radius 3 is 2.02 bits per heavy atom. The van der Waals surface area contributed by atoms with E-state index in [2.05, 4.69) is 31.9 Å². The number of carbonyl (C=O) groups excluding carboxylic acids is 9. The van der Waals surface area contributed by atoms with Crippen molar-refractivity contribution in [3.05, 3.63) is 76.3 Å². The Kier molecular flexibility index (Phi) is 31.1. The van der Waals surface area contributed by atoms with E-state index in [0.29, 0.717) is 49.4 Å². The third-order valence-electron chi connectivity index (χ3n) is 14.6. The maximum Gasteiger partial charge on any atom is 0.347 e. The van der Waals surface area contributed by atoms with E-state index in [1.165, 1.54) is 32.1 Å². The van der Waals surface area contributed by atoms with Crippen LogP contribution in [0.5, 0.6) is 5.75 Å². The first-order valence-electron chi connectivity index (χ1n) is 29.7. The fourth-order valence-electron chi connectivity index (χ4n) is 9.10. The summed E-state index contributed by atoms with van der Waals surface area (Å²) in [5.41, 5.74) is 0.923. The SMILES string of the molecule is CNC(=O)CCN(CCC(=O)N[C@H](C(=O)N[C@@H](C)C(=O)NCc1ccc([C@H]2O[C@@H]2[C@@H](C)[C@@H]2C/C=C/C(=O)N[C@@H](Cc3ccc(OC)c(Cl)c3)C(=O)NCC(C)(C)C(=O)O[C@@H](CC(C)C)C(=O)O2)cc1)C(C)C)C(=O)CCOCCOCCOCCOC. The Bertz CT molecular complexity index is 2620. The van der Waals surface area contributed by atoms with Gasteiger partial charge in [-0.1, -0.05) is 82.6 Å². The molecule has 24 nitrogen and oxygen atoms in total. The van der Waals surface area contributed by atoms with Crippen LogP contribution in [-0.2, 0) is 89.3 Å². The van der Waals surface area contributed by atoms with Crippen LogP contribution >= 0.6 is 11.6 Å². The number of esters is 2. The number of benzene rings is 2. The lowest BCUT2D eigenvalue weighted by Crippen LogP contribution is -2.54. The van der Waals surface area contributed by atoms with Crippen molar-refractivity contribution in [1.29, 1.82) is 0 Å². The molecule has 0 bridgehead atoms. The molecule has 2 aliphatic heterocycles. The van der Waals surface area contributed by atoms with Gasteiger partial charge in [-0.05, 0) is 73.9 Å². The van der Waals surface area contributed by atoms with Crippen molar-refractivity contribution < 1.29 is 81.0 Å². The van der Waals surface area contributed by atoms with Crippen molar-refractivity contribution in [2.75, 3.05) is 87.1 Å². The molecule has 2 aliphatic rings. The van der Waals surface area contributed by atoms with Gasteiger partial charge in [0, 0.05) is 71.9 Å². The van der Waals surface area contributed by atoms with Gasteiger partial charge < -0.3 is 74.7 Å². The zero-order valence-corrected chi connectivity index (χ0v) is 53.0. The van der Waals surface area contributed by atoms with Crippen LogP contribution < -0.4 is 36.6 Å². The van der Waals surface area contributed by atoms with Gasteiger partial charge in [-0.25, -0.2) is 4.79 Å². The molecule has 0 unspecified atom stereocenters. The van der Waals surface area contributed by atoms with Crippen LogP contribution in [-0.4, -0.2) is 182 Å². The van der Waals surface area contributed by atoms with Crippen molar-refractivity contribution in [1.82, 2.24) is 36.8 Å². The second-order valence-electron chi connectivity index (χ2n) is 23.0. The van der Waals surface area contributed by atoms with Crippen molar-refractivity contribution >= 4 is 64.9 Å². The molecular weight excluding hydrogens is 1150 g/mol. The fraction of sp³-hybridized carbons (Fsp3) is 0.629. The minimum absolute atomic E-state index is 0.0128. The predicted molar refractivity (Wildman–Crippen MR) is 322 cm³/mol. The number of halogens is 1. The van der Waals surface area contributed by atoms with E-state index >= 15 is 0 Å². The molecule has 484 valence electrons. The molecule has 0 spiro atoms. The number of nitrogens with one attached hydrogen (secondary N) is 6. The number of nitrogens with zero attached hydrogens (tertiary/aromatic N) is 1. The van der Waals surface area contributed by atoms with Gasteiger partial charge in [-0.15, -0.1) is 0 Å². The highest BCUT2D eigenvalue weighted by Crippen LogP contribution is 2.45. The molecule has 0 aromatic heterocycles. The Balaban J connectivity index is 1.33. The van der Waals surface area contributed by atoms with E-state index in [1.807, 2.05) is 45.0 Å². The molecule has 8 atom stereocenters. The predicted octanol–water partition coefficient (Wildman–Crippen LogP) is 3.83. The Labute approximate surface area is 516 Å². The summed E-state index contributed by atoms with van der Waals surface area (Å²) < 4.78 is 44.8. The summed E-state index contributed by atoms with van der Waals surface area (Å²) in [6.07, 6.45) is 0.115. The molecule has 1 fully saturated rings. The largest absolute Gasteiger partial charge is 0.495 e. The van der Waals surface area contributed by atoms with Gasteiger partial charge in [-0.2, -0.15) is 0 Å². The van der Waals surface area contributed by atoms with E-state index in [1.54, 1.807) is 59.1 Å². The molecular formula is C62H92ClN7O17. The summed E-state index contributed by atoms with van der Waals surface area (Å²) in [5.74, 6) is -5.17. The van der Waals surface area contributed by atoms with E-state index in [4.69, 9.17) is 49.5 Å². The Morgan fingerprint density at radius 1 is 0.782 bits per heavy atom. The molecule has 0 radical (unpaired) electrons. The van der Waals surface area contributed by atoms with E-state index < -0.39 is 95.3 Å². The number of amides is 7. The van der Waals surface area contributed by atoms with Gasteiger partial charge in [0.15, 0.2) is 6.10 Å². The third-order valence-corrected chi connectivity index (χ3v) is 14.9. The molecule has 2 heterocycles. The summed E-state index contributed by atoms with van der Waals surface area (Å²) in [6.45, 7) is 16.3. The lowest BCUT2D eigenvalue weighted by Gasteiger charge is -2.29. The standard InChI is InChI=1S/C62H92ClN7O17/c1-38(2)33-49-60(78)85-47(13-12-14-51(72)68-46(35-43-17-20-48(81-11)45(63)34-43)58(76)66-37-62(7,8)61(79)86-49)40(5)55-56(87-55)44-18-15-42(16-19-44)36-65-57(75)41(6)67-59(77)54(39(3)4)69-52(73)22-25-70(24-21-50(71)64-9)53(74)23-26-82-29-30-84-32-31-83-28-27-80-10/h12,14-20,34,38-41,46-47,49,54-56H,13,21-33,35-37H2,1-11H3,(H,64,71)(H,65,75)(H,66,76)(H,67,77)(H,68,72)(H,69,73)/b14-12+/t40-,41-,46-,47-,49-,54-,55+,56+/m0/s1. The normalized spacial score (nSPS) is 20.4. The highest BCUT2D eigenvalue weighted by molar-refractivity contribution is 6.32. The van der Waals surface area contributed by atoms with Crippen LogP contribution in [0.2, 0.25) is 5.02 Å². The molecule has 7 amide bonds. The van der Waals surface area contributed by atoms with Crippen molar-refractivity contribution in [2.45, 2.75) is 143 Å². The number of rotatable bonds is 33. The zero-order valence-electron chi connectivity index (χ0n) is 52.3. The summed E-state index contributed by atoms with van der Waals surface area (Å²) in [6, 6.07) is 9.35. The summed E-state index contributed by atoms with van der Waals surface area (Å²) in [4.78, 5) is 122. The first kappa shape index (κ1) is 72.8. The smallest absolute Gasteiger partial charge is 0.347 e. The minimum Gasteiger partial charge on any atom is -0.495 e. The minimum atomic E-state index is -1.29. The maximum absolute atomic E-state index is 14.0. The lowest BCUT2D eigenvalue weighted by molar-refractivity contribution is -0.179. The monoisotopic (exact) mass is 1240 g/mol. The summed E-state index contributed by atoms with van der Waals surface area (Å²) in [5, 5.41) is 16.7. The molecule has 6 N–H and O–H groups in total. The van der Waals surface area contributed by atoms with Gasteiger partial charge in [0.25, 0.3) is 0 Å². The fourth-order valence-corrected chi connectivity index (χ4v) is 9.38. The highest BCUT2D eigenvalue weighted by atomic mass is 35.5. The number of methoxy groups -OCH3 is 2. The molecule has 25 heteroatoms. The number of carbonyl (C=O) groups is 9. The van der Waals surface area contributed by atoms with Crippen LogP contribution in [0.15, 0.2) is 54.6 Å². The molecule has 87 heavy (non-hydrogen) atoms. The zero-order chi connectivity index (χ0) is 64.2. The molecule has 0 aliphatic carbocycles. The lowest BCUT2D eigenvalue weighted by atomic mass is 9.92. The van der Waals surface area contributed by atoms with Gasteiger partial charge in [0.1, 0.15) is 36.1 Å². The van der Waals surface area contributed by atoms with Crippen LogP contribution in [0.1, 0.15) is 110 Å². The second-order valence-corrected chi connectivity index (χ2v) is 23.4. The van der Waals surface area contributed by atoms with Crippen molar-refractivity contribution in [3.8, 4) is 5.75 Å². The topological polar surface area (TPSA) is 306 Å². The highest BCUT2D eigenvalue weighted by Gasteiger charge is 2.48. The van der Waals surface area contributed by atoms with Crippen LogP contribution in [0, 0.1) is 23.2 Å². The summed E-state index contributed by atoms with van der Waals surface area (Å²) in [7, 11) is 4.56. The maximum atomic E-state index is 14.0. The number of hydrogen-bond donors (Lipinski definition) is 6. The van der Waals surface area contributed by atoms with Crippen LogP contribution in [0.25, 0.3) is 0 Å². The molecule has 1 saturated heterocycles. The number of cyclic esters (lactones) is 2. The average Bonchev–Trinajstić information content (AvgIpc) is 1.91. The van der Waals surface area contributed by atoms with Crippen LogP contribution in [0.4, 0.5) is 0 Å². The summed E-state index contributed by atoms with van der Waals surface area (Å²) >= 11 is 6.39. The van der Waals surface area contributed by atoms with E-state index in [9.17, 15) is 43.2 Å². The molecule has 2 aromatic rings. The Morgan fingerprint density at radius 2 is 1.41 bits per heavy atom. The van der Waals surface area contributed by atoms with Crippen molar-refractivity contribution in [3.63, 3.8) is 0 Å². The second kappa shape index (κ2) is 37.2. The third kappa shape index (κ3) is 25.5. The quantitative estimate of drug-likeness (QED) is 0.0336. The van der Waals surface area contributed by atoms with E-state index in [-0.39, 0.29) is 102 Å². The van der Waals surface area contributed by atoms with E-state index in [0.717, 1.165) is 11.1 Å². The first-order chi connectivity index (χ1) is 41.4. The number of ether oxygens (including phenoxy) is 8. The van der Waals surface area contributed by atoms with Crippen molar-refractivity contribution in [2.24, 2.45) is 23.2 Å². The average molecular weight is 1240 g/mol.